The van der Waals surface area contributed by atoms with Gasteiger partial charge < -0.3 is 10.1 Å². The molecule has 16 heavy (non-hydrogen) atoms. The predicted octanol–water partition coefficient (Wildman–Crippen LogP) is 2.96. The molecule has 0 aliphatic carbocycles. The van der Waals surface area contributed by atoms with Gasteiger partial charge in [-0.25, -0.2) is 4.98 Å². The summed E-state index contributed by atoms with van der Waals surface area (Å²) >= 11 is 5.82. The molecule has 4 heteroatoms. The number of rotatable bonds is 4. The summed E-state index contributed by atoms with van der Waals surface area (Å²) in [6.07, 6.45) is 4.35. The molecule has 2 atom stereocenters. The second-order valence-corrected chi connectivity index (χ2v) is 4.50. The highest BCUT2D eigenvalue weighted by Crippen LogP contribution is 2.24. The first-order valence-corrected chi connectivity index (χ1v) is 6.14. The molecule has 1 fully saturated rings. The maximum Gasteiger partial charge on any atom is 0.131 e. The molecule has 0 radical (unpaired) electrons. The number of halogens is 1. The van der Waals surface area contributed by atoms with Gasteiger partial charge in [0.1, 0.15) is 5.15 Å². The van der Waals surface area contributed by atoms with Crippen LogP contribution in [0, 0.1) is 5.92 Å². The van der Waals surface area contributed by atoms with Crippen LogP contribution >= 0.6 is 11.6 Å². The van der Waals surface area contributed by atoms with Gasteiger partial charge in [-0.15, -0.1) is 0 Å². The molecule has 2 heterocycles. The molecule has 1 aliphatic rings. The Labute approximate surface area is 101 Å². The quantitative estimate of drug-likeness (QED) is 0.822. The fourth-order valence-electron chi connectivity index (χ4n) is 2.14. The number of hydrogen-bond acceptors (Lipinski definition) is 3. The SMILES string of the molecule is CCC1OCCC1CNc1ccnc(Cl)c1. The smallest absolute Gasteiger partial charge is 0.131 e. The molecule has 1 aromatic rings. The molecule has 0 saturated carbocycles. The number of hydrogen-bond donors (Lipinski definition) is 1. The summed E-state index contributed by atoms with van der Waals surface area (Å²) in [6.45, 7) is 4.01. The Morgan fingerprint density at radius 1 is 1.62 bits per heavy atom. The average molecular weight is 241 g/mol. The van der Waals surface area contributed by atoms with Crippen LogP contribution in [-0.4, -0.2) is 24.2 Å². The van der Waals surface area contributed by atoms with Crippen LogP contribution in [0.4, 0.5) is 5.69 Å². The molecule has 0 aromatic carbocycles. The molecule has 0 bridgehead atoms. The van der Waals surface area contributed by atoms with Gasteiger partial charge in [0.05, 0.1) is 6.10 Å². The molecule has 0 amide bonds. The maximum absolute atomic E-state index is 5.82. The van der Waals surface area contributed by atoms with E-state index in [2.05, 4.69) is 17.2 Å². The van der Waals surface area contributed by atoms with Crippen molar-refractivity contribution in [2.45, 2.75) is 25.9 Å². The monoisotopic (exact) mass is 240 g/mol. The molecule has 88 valence electrons. The van der Waals surface area contributed by atoms with Gasteiger partial charge in [-0.2, -0.15) is 0 Å². The highest BCUT2D eigenvalue weighted by Gasteiger charge is 2.26. The van der Waals surface area contributed by atoms with Crippen molar-refractivity contribution in [3.8, 4) is 0 Å². The molecule has 1 saturated heterocycles. The molecule has 1 aromatic heterocycles. The maximum atomic E-state index is 5.82. The van der Waals surface area contributed by atoms with E-state index in [1.165, 1.54) is 0 Å². The Hall–Kier alpha value is -0.800. The first kappa shape index (κ1) is 11.7. The van der Waals surface area contributed by atoms with Crippen molar-refractivity contribution >= 4 is 17.3 Å². The normalized spacial score (nSPS) is 24.6. The second-order valence-electron chi connectivity index (χ2n) is 4.11. The predicted molar refractivity (Wildman–Crippen MR) is 65.9 cm³/mol. The van der Waals surface area contributed by atoms with Crippen LogP contribution in [0.5, 0.6) is 0 Å². The van der Waals surface area contributed by atoms with Gasteiger partial charge in [0.15, 0.2) is 0 Å². The first-order chi connectivity index (χ1) is 7.79. The van der Waals surface area contributed by atoms with Crippen LogP contribution in [0.3, 0.4) is 0 Å². The van der Waals surface area contributed by atoms with E-state index in [-0.39, 0.29) is 0 Å². The van der Waals surface area contributed by atoms with E-state index in [1.54, 1.807) is 6.20 Å². The third kappa shape index (κ3) is 2.86. The van der Waals surface area contributed by atoms with Crippen LogP contribution in [0.1, 0.15) is 19.8 Å². The Balaban J connectivity index is 1.87. The summed E-state index contributed by atoms with van der Waals surface area (Å²) in [4.78, 5) is 3.95. The van der Waals surface area contributed by atoms with Crippen LogP contribution in [0.25, 0.3) is 0 Å². The lowest BCUT2D eigenvalue weighted by atomic mass is 10.00. The summed E-state index contributed by atoms with van der Waals surface area (Å²) in [5.41, 5.74) is 1.03. The zero-order valence-electron chi connectivity index (χ0n) is 9.45. The van der Waals surface area contributed by atoms with E-state index in [0.29, 0.717) is 17.2 Å². The summed E-state index contributed by atoms with van der Waals surface area (Å²) in [5, 5.41) is 3.91. The third-order valence-corrected chi connectivity index (χ3v) is 3.25. The summed E-state index contributed by atoms with van der Waals surface area (Å²) in [7, 11) is 0. The number of aromatic nitrogens is 1. The number of nitrogens with zero attached hydrogens (tertiary/aromatic N) is 1. The van der Waals surface area contributed by atoms with E-state index >= 15 is 0 Å². The molecular weight excluding hydrogens is 224 g/mol. The zero-order valence-corrected chi connectivity index (χ0v) is 10.2. The highest BCUT2D eigenvalue weighted by atomic mass is 35.5. The molecule has 2 rings (SSSR count). The Bertz CT molecular complexity index is 346. The van der Waals surface area contributed by atoms with Gasteiger partial charge in [-0.3, -0.25) is 0 Å². The second kappa shape index (κ2) is 5.51. The topological polar surface area (TPSA) is 34.1 Å². The van der Waals surface area contributed by atoms with E-state index < -0.39 is 0 Å². The number of nitrogens with one attached hydrogen (secondary N) is 1. The minimum absolute atomic E-state index is 0.407. The van der Waals surface area contributed by atoms with Crippen molar-refractivity contribution in [1.82, 2.24) is 4.98 Å². The van der Waals surface area contributed by atoms with Crippen molar-refractivity contribution in [3.63, 3.8) is 0 Å². The number of pyridine rings is 1. The van der Waals surface area contributed by atoms with E-state index in [1.807, 2.05) is 12.1 Å². The van der Waals surface area contributed by atoms with Gasteiger partial charge in [0.25, 0.3) is 0 Å². The Morgan fingerprint density at radius 2 is 2.50 bits per heavy atom. The lowest BCUT2D eigenvalue weighted by Crippen LogP contribution is -2.22. The third-order valence-electron chi connectivity index (χ3n) is 3.04. The lowest BCUT2D eigenvalue weighted by Gasteiger charge is -2.17. The first-order valence-electron chi connectivity index (χ1n) is 5.76. The largest absolute Gasteiger partial charge is 0.385 e. The van der Waals surface area contributed by atoms with Crippen molar-refractivity contribution in [2.24, 2.45) is 5.92 Å². The van der Waals surface area contributed by atoms with Gasteiger partial charge >= 0.3 is 0 Å². The van der Waals surface area contributed by atoms with Gasteiger partial charge in [-0.1, -0.05) is 18.5 Å². The molecule has 1 N–H and O–H groups in total. The minimum Gasteiger partial charge on any atom is -0.385 e. The average Bonchev–Trinajstić information content (AvgIpc) is 2.74. The van der Waals surface area contributed by atoms with Crippen LogP contribution in [-0.2, 0) is 4.74 Å². The van der Waals surface area contributed by atoms with Gasteiger partial charge in [0, 0.05) is 31.0 Å². The number of anilines is 1. The summed E-state index contributed by atoms with van der Waals surface area (Å²) < 4.78 is 5.65. The van der Waals surface area contributed by atoms with Crippen LogP contribution in [0.2, 0.25) is 5.15 Å². The Kier molecular flexibility index (Phi) is 4.02. The van der Waals surface area contributed by atoms with E-state index in [0.717, 1.165) is 31.7 Å². The van der Waals surface area contributed by atoms with Crippen molar-refractivity contribution in [2.75, 3.05) is 18.5 Å². The minimum atomic E-state index is 0.407. The zero-order chi connectivity index (χ0) is 11.4. The van der Waals surface area contributed by atoms with Gasteiger partial charge in [0.2, 0.25) is 0 Å². The molecule has 1 aliphatic heterocycles. The van der Waals surface area contributed by atoms with E-state index in [9.17, 15) is 0 Å². The molecular formula is C12H17ClN2O. The fourth-order valence-corrected chi connectivity index (χ4v) is 2.31. The molecule has 0 spiro atoms. The Morgan fingerprint density at radius 3 is 3.25 bits per heavy atom. The van der Waals surface area contributed by atoms with Crippen molar-refractivity contribution in [3.05, 3.63) is 23.5 Å². The van der Waals surface area contributed by atoms with Gasteiger partial charge in [-0.05, 0) is 25.0 Å². The van der Waals surface area contributed by atoms with E-state index in [4.69, 9.17) is 16.3 Å². The van der Waals surface area contributed by atoms with Crippen LogP contribution < -0.4 is 5.32 Å². The molecule has 3 nitrogen and oxygen atoms in total. The molecule has 2 unspecified atom stereocenters. The summed E-state index contributed by atoms with van der Waals surface area (Å²) in [6, 6.07) is 3.78. The van der Waals surface area contributed by atoms with Crippen molar-refractivity contribution in [1.29, 1.82) is 0 Å². The highest BCUT2D eigenvalue weighted by molar-refractivity contribution is 6.29. The standard InChI is InChI=1S/C12H17ClN2O/c1-2-11-9(4-6-16-11)8-15-10-3-5-14-12(13)7-10/h3,5,7,9,11H,2,4,6,8H2,1H3,(H,14,15). The van der Waals surface area contributed by atoms with Crippen molar-refractivity contribution < 1.29 is 4.74 Å². The number of ether oxygens (including phenoxy) is 1. The summed E-state index contributed by atoms with van der Waals surface area (Å²) in [5.74, 6) is 0.608. The fraction of sp³-hybridized carbons (Fsp3) is 0.583. The lowest BCUT2D eigenvalue weighted by molar-refractivity contribution is 0.0900. The van der Waals surface area contributed by atoms with Crippen LogP contribution in [0.15, 0.2) is 18.3 Å².